The Kier molecular flexibility index (Phi) is 2.62. The molecular formula is C12H16O2. The van der Waals surface area contributed by atoms with E-state index in [2.05, 4.69) is 13.0 Å². The minimum absolute atomic E-state index is 0.451. The van der Waals surface area contributed by atoms with Gasteiger partial charge in [-0.05, 0) is 30.9 Å². The van der Waals surface area contributed by atoms with Crippen molar-refractivity contribution < 1.29 is 9.47 Å². The highest BCUT2D eigenvalue weighted by Crippen LogP contribution is 2.31. The van der Waals surface area contributed by atoms with E-state index in [0.29, 0.717) is 6.10 Å². The Hall–Kier alpha value is -1.18. The van der Waals surface area contributed by atoms with E-state index in [1.165, 1.54) is 18.4 Å². The quantitative estimate of drug-likeness (QED) is 0.730. The van der Waals surface area contributed by atoms with Crippen LogP contribution in [0, 0.1) is 0 Å². The van der Waals surface area contributed by atoms with Gasteiger partial charge in [-0.25, -0.2) is 0 Å². The topological polar surface area (TPSA) is 18.5 Å². The van der Waals surface area contributed by atoms with E-state index in [4.69, 9.17) is 9.47 Å². The highest BCUT2D eigenvalue weighted by atomic mass is 16.5. The lowest BCUT2D eigenvalue weighted by Crippen LogP contribution is -1.99. The van der Waals surface area contributed by atoms with Crippen molar-refractivity contribution in [3.05, 3.63) is 23.8 Å². The summed E-state index contributed by atoms with van der Waals surface area (Å²) in [5, 5.41) is 0. The van der Waals surface area contributed by atoms with Gasteiger partial charge in [-0.15, -0.1) is 0 Å². The second-order valence-corrected chi connectivity index (χ2v) is 3.64. The van der Waals surface area contributed by atoms with E-state index in [0.717, 1.165) is 17.9 Å². The zero-order valence-corrected chi connectivity index (χ0v) is 8.75. The summed E-state index contributed by atoms with van der Waals surface area (Å²) in [4.78, 5) is 0. The monoisotopic (exact) mass is 192 g/mol. The SMILES string of the molecule is CCc1ccc(OC)cc1OC1CC1. The maximum absolute atomic E-state index is 5.81. The molecule has 0 amide bonds. The van der Waals surface area contributed by atoms with Crippen LogP contribution in [0.3, 0.4) is 0 Å². The lowest BCUT2D eigenvalue weighted by atomic mass is 10.1. The van der Waals surface area contributed by atoms with Gasteiger partial charge >= 0.3 is 0 Å². The summed E-state index contributed by atoms with van der Waals surface area (Å²) in [7, 11) is 1.68. The van der Waals surface area contributed by atoms with E-state index in [1.807, 2.05) is 12.1 Å². The first-order valence-electron chi connectivity index (χ1n) is 5.17. The van der Waals surface area contributed by atoms with Crippen LogP contribution in [0.5, 0.6) is 11.5 Å². The maximum atomic E-state index is 5.81. The molecule has 0 unspecified atom stereocenters. The molecule has 0 spiro atoms. The van der Waals surface area contributed by atoms with Crippen LogP contribution in [0.25, 0.3) is 0 Å². The molecule has 0 N–H and O–H groups in total. The molecule has 1 saturated carbocycles. The summed E-state index contributed by atoms with van der Waals surface area (Å²) in [5.74, 6) is 1.87. The number of ether oxygens (including phenoxy) is 2. The Morgan fingerprint density at radius 3 is 2.71 bits per heavy atom. The van der Waals surface area contributed by atoms with Crippen LogP contribution in [0.1, 0.15) is 25.3 Å². The minimum Gasteiger partial charge on any atom is -0.497 e. The van der Waals surface area contributed by atoms with Gasteiger partial charge in [0.2, 0.25) is 0 Å². The molecule has 0 saturated heterocycles. The van der Waals surface area contributed by atoms with Crippen LogP contribution in [0.4, 0.5) is 0 Å². The molecule has 0 atom stereocenters. The van der Waals surface area contributed by atoms with Gasteiger partial charge in [0.25, 0.3) is 0 Å². The van der Waals surface area contributed by atoms with Gasteiger partial charge < -0.3 is 9.47 Å². The average Bonchev–Trinajstić information content (AvgIpc) is 3.01. The average molecular weight is 192 g/mol. The number of methoxy groups -OCH3 is 1. The molecule has 0 aliphatic heterocycles. The molecule has 2 heteroatoms. The fraction of sp³-hybridized carbons (Fsp3) is 0.500. The van der Waals surface area contributed by atoms with E-state index < -0.39 is 0 Å². The Morgan fingerprint density at radius 1 is 1.36 bits per heavy atom. The van der Waals surface area contributed by atoms with Crippen LogP contribution in [0.15, 0.2) is 18.2 Å². The van der Waals surface area contributed by atoms with Gasteiger partial charge in [0.05, 0.1) is 13.2 Å². The summed E-state index contributed by atoms with van der Waals surface area (Å²) in [6, 6.07) is 6.05. The second-order valence-electron chi connectivity index (χ2n) is 3.64. The molecule has 1 aliphatic carbocycles. The van der Waals surface area contributed by atoms with Gasteiger partial charge in [0, 0.05) is 6.07 Å². The Morgan fingerprint density at radius 2 is 2.14 bits per heavy atom. The Labute approximate surface area is 84.8 Å². The van der Waals surface area contributed by atoms with Crippen LogP contribution < -0.4 is 9.47 Å². The molecule has 0 heterocycles. The van der Waals surface area contributed by atoms with Crippen molar-refractivity contribution in [2.45, 2.75) is 32.3 Å². The van der Waals surface area contributed by atoms with Crippen molar-refractivity contribution in [1.29, 1.82) is 0 Å². The Balaban J connectivity index is 2.21. The van der Waals surface area contributed by atoms with Gasteiger partial charge in [0.15, 0.2) is 0 Å². The van der Waals surface area contributed by atoms with Crippen molar-refractivity contribution in [2.24, 2.45) is 0 Å². The van der Waals surface area contributed by atoms with Crippen molar-refractivity contribution in [2.75, 3.05) is 7.11 Å². The fourth-order valence-corrected chi connectivity index (χ4v) is 1.43. The molecule has 0 radical (unpaired) electrons. The predicted octanol–water partition coefficient (Wildman–Crippen LogP) is 2.80. The molecule has 1 aromatic carbocycles. The zero-order chi connectivity index (χ0) is 9.97. The van der Waals surface area contributed by atoms with Crippen molar-refractivity contribution in [3.63, 3.8) is 0 Å². The summed E-state index contributed by atoms with van der Waals surface area (Å²) in [6.07, 6.45) is 3.85. The first-order chi connectivity index (χ1) is 6.83. The number of benzene rings is 1. The number of hydrogen-bond acceptors (Lipinski definition) is 2. The number of rotatable bonds is 4. The fourth-order valence-electron chi connectivity index (χ4n) is 1.43. The lowest BCUT2D eigenvalue weighted by Gasteiger charge is -2.10. The first kappa shape index (κ1) is 9.38. The number of hydrogen-bond donors (Lipinski definition) is 0. The predicted molar refractivity (Wildman–Crippen MR) is 56.0 cm³/mol. The van der Waals surface area contributed by atoms with Crippen LogP contribution >= 0.6 is 0 Å². The van der Waals surface area contributed by atoms with E-state index in [-0.39, 0.29) is 0 Å². The van der Waals surface area contributed by atoms with Crippen molar-refractivity contribution in [3.8, 4) is 11.5 Å². The normalized spacial score (nSPS) is 15.3. The third kappa shape index (κ3) is 2.00. The summed E-state index contributed by atoms with van der Waals surface area (Å²) in [5.41, 5.74) is 1.26. The molecular weight excluding hydrogens is 176 g/mol. The third-order valence-electron chi connectivity index (χ3n) is 2.47. The van der Waals surface area contributed by atoms with Crippen molar-refractivity contribution in [1.82, 2.24) is 0 Å². The smallest absolute Gasteiger partial charge is 0.126 e. The summed E-state index contributed by atoms with van der Waals surface area (Å²) in [6.45, 7) is 2.14. The Bertz CT molecular complexity index is 316. The molecule has 2 nitrogen and oxygen atoms in total. The molecule has 1 aliphatic rings. The minimum atomic E-state index is 0.451. The lowest BCUT2D eigenvalue weighted by molar-refractivity contribution is 0.298. The summed E-state index contributed by atoms with van der Waals surface area (Å²) < 4.78 is 11.0. The molecule has 1 aromatic rings. The van der Waals surface area contributed by atoms with Crippen LogP contribution in [0.2, 0.25) is 0 Å². The summed E-state index contributed by atoms with van der Waals surface area (Å²) >= 11 is 0. The van der Waals surface area contributed by atoms with Crippen LogP contribution in [-0.2, 0) is 6.42 Å². The van der Waals surface area contributed by atoms with Gasteiger partial charge in [-0.3, -0.25) is 0 Å². The van der Waals surface area contributed by atoms with E-state index in [1.54, 1.807) is 7.11 Å². The maximum Gasteiger partial charge on any atom is 0.126 e. The third-order valence-corrected chi connectivity index (χ3v) is 2.47. The highest BCUT2D eigenvalue weighted by Gasteiger charge is 2.24. The van der Waals surface area contributed by atoms with Gasteiger partial charge in [-0.1, -0.05) is 13.0 Å². The van der Waals surface area contributed by atoms with E-state index >= 15 is 0 Å². The van der Waals surface area contributed by atoms with Gasteiger partial charge in [0.1, 0.15) is 11.5 Å². The standard InChI is InChI=1S/C12H16O2/c1-3-9-4-5-11(13-2)8-12(9)14-10-6-7-10/h4-5,8,10H,3,6-7H2,1-2H3. The van der Waals surface area contributed by atoms with E-state index in [9.17, 15) is 0 Å². The van der Waals surface area contributed by atoms with Crippen molar-refractivity contribution >= 4 is 0 Å². The molecule has 1 fully saturated rings. The highest BCUT2D eigenvalue weighted by molar-refractivity contribution is 5.41. The molecule has 0 aromatic heterocycles. The first-order valence-corrected chi connectivity index (χ1v) is 5.17. The van der Waals surface area contributed by atoms with Gasteiger partial charge in [-0.2, -0.15) is 0 Å². The largest absolute Gasteiger partial charge is 0.497 e. The molecule has 14 heavy (non-hydrogen) atoms. The number of aryl methyl sites for hydroxylation is 1. The molecule has 2 rings (SSSR count). The second kappa shape index (κ2) is 3.91. The molecule has 0 bridgehead atoms. The molecule has 76 valence electrons. The zero-order valence-electron chi connectivity index (χ0n) is 8.75. The van der Waals surface area contributed by atoms with Crippen LogP contribution in [-0.4, -0.2) is 13.2 Å².